The average molecular weight is 488 g/mol. The molecular formula is C29H29NO4S. The number of rotatable bonds is 8. The van der Waals surface area contributed by atoms with Crippen LogP contribution in [0.5, 0.6) is 17.2 Å². The highest BCUT2D eigenvalue weighted by Gasteiger charge is 2.22. The number of phenols is 1. The molecule has 0 saturated carbocycles. The zero-order valence-electron chi connectivity index (χ0n) is 19.8. The van der Waals surface area contributed by atoms with E-state index in [2.05, 4.69) is 4.90 Å². The standard InChI is InChI=1S/C29H29NO4S/c1-33-24-13-14-25-26(19-24)35-29(27(25)28(32)20-5-9-22(31)10-6-20)21-7-11-23(12-8-21)34-18-17-30-15-3-2-4-16-30/h5-14,19,31H,2-4,15-18H2,1H3. The van der Waals surface area contributed by atoms with Gasteiger partial charge in [-0.1, -0.05) is 6.42 Å². The lowest BCUT2D eigenvalue weighted by molar-refractivity contribution is 0.104. The van der Waals surface area contributed by atoms with Crippen molar-refractivity contribution in [3.8, 4) is 27.7 Å². The molecule has 35 heavy (non-hydrogen) atoms. The number of piperidine rings is 1. The van der Waals surface area contributed by atoms with Crippen molar-refractivity contribution in [2.75, 3.05) is 33.4 Å². The molecular weight excluding hydrogens is 458 g/mol. The first-order valence-corrected chi connectivity index (χ1v) is 12.8. The molecule has 0 unspecified atom stereocenters. The first kappa shape index (κ1) is 23.4. The molecule has 6 heteroatoms. The number of methoxy groups -OCH3 is 1. The van der Waals surface area contributed by atoms with Crippen molar-refractivity contribution in [1.82, 2.24) is 4.90 Å². The average Bonchev–Trinajstić information content (AvgIpc) is 3.28. The summed E-state index contributed by atoms with van der Waals surface area (Å²) in [6.45, 7) is 3.95. The molecule has 180 valence electrons. The number of thiophene rings is 1. The number of nitrogens with zero attached hydrogens (tertiary/aromatic N) is 1. The molecule has 0 amide bonds. The molecule has 5 rings (SSSR count). The fourth-order valence-electron chi connectivity index (χ4n) is 4.57. The van der Waals surface area contributed by atoms with E-state index in [1.54, 1.807) is 42.7 Å². The zero-order chi connectivity index (χ0) is 24.2. The number of benzene rings is 3. The molecule has 0 spiro atoms. The van der Waals surface area contributed by atoms with Crippen molar-refractivity contribution in [2.45, 2.75) is 19.3 Å². The van der Waals surface area contributed by atoms with Crippen LogP contribution in [0.25, 0.3) is 20.5 Å². The Hall–Kier alpha value is -3.35. The third kappa shape index (κ3) is 5.19. The van der Waals surface area contributed by atoms with Crippen LogP contribution in [0.3, 0.4) is 0 Å². The van der Waals surface area contributed by atoms with Crippen molar-refractivity contribution in [1.29, 1.82) is 0 Å². The van der Waals surface area contributed by atoms with Crippen molar-refractivity contribution in [2.24, 2.45) is 0 Å². The van der Waals surface area contributed by atoms with Crippen LogP contribution < -0.4 is 9.47 Å². The molecule has 3 aromatic carbocycles. The number of carbonyl (C=O) groups excluding carboxylic acids is 1. The second-order valence-electron chi connectivity index (χ2n) is 8.82. The number of carbonyl (C=O) groups is 1. The minimum Gasteiger partial charge on any atom is -0.508 e. The van der Waals surface area contributed by atoms with E-state index in [1.807, 2.05) is 42.5 Å². The van der Waals surface area contributed by atoms with Crippen LogP contribution in [0.2, 0.25) is 0 Å². The molecule has 1 saturated heterocycles. The Bertz CT molecular complexity index is 1310. The lowest BCUT2D eigenvalue weighted by Gasteiger charge is -2.26. The number of fused-ring (bicyclic) bond motifs is 1. The molecule has 1 aliphatic heterocycles. The third-order valence-corrected chi connectivity index (χ3v) is 7.70. The maximum Gasteiger partial charge on any atom is 0.195 e. The Labute approximate surface area is 209 Å². The Balaban J connectivity index is 1.43. The summed E-state index contributed by atoms with van der Waals surface area (Å²) in [4.78, 5) is 17.0. The molecule has 1 N–H and O–H groups in total. The van der Waals surface area contributed by atoms with E-state index in [1.165, 1.54) is 19.3 Å². The Morgan fingerprint density at radius 3 is 2.37 bits per heavy atom. The van der Waals surface area contributed by atoms with E-state index in [9.17, 15) is 9.90 Å². The second kappa shape index (κ2) is 10.5. The summed E-state index contributed by atoms with van der Waals surface area (Å²) in [7, 11) is 1.64. The van der Waals surface area contributed by atoms with E-state index in [-0.39, 0.29) is 11.5 Å². The van der Waals surface area contributed by atoms with Gasteiger partial charge in [-0.05, 0) is 98.2 Å². The van der Waals surface area contributed by atoms with Crippen LogP contribution in [-0.4, -0.2) is 49.1 Å². The predicted molar refractivity (Wildman–Crippen MR) is 141 cm³/mol. The SMILES string of the molecule is COc1ccc2c(C(=O)c3ccc(O)cc3)c(-c3ccc(OCCN4CCCCC4)cc3)sc2c1. The summed E-state index contributed by atoms with van der Waals surface area (Å²) in [6, 6.07) is 20.2. The highest BCUT2D eigenvalue weighted by Crippen LogP contribution is 2.41. The minimum absolute atomic E-state index is 0.0710. The number of aromatic hydroxyl groups is 1. The summed E-state index contributed by atoms with van der Waals surface area (Å²) in [6.07, 6.45) is 3.89. The summed E-state index contributed by atoms with van der Waals surface area (Å²) in [5.74, 6) is 1.65. The maximum atomic E-state index is 13.6. The minimum atomic E-state index is -0.0710. The van der Waals surface area contributed by atoms with Crippen LogP contribution in [-0.2, 0) is 0 Å². The number of ketones is 1. The van der Waals surface area contributed by atoms with Gasteiger partial charge < -0.3 is 14.6 Å². The number of phenolic OH excluding ortho intramolecular Hbond substituents is 1. The van der Waals surface area contributed by atoms with Crippen molar-refractivity contribution in [3.05, 3.63) is 77.9 Å². The quantitative estimate of drug-likeness (QED) is 0.292. The van der Waals surface area contributed by atoms with Gasteiger partial charge in [0.15, 0.2) is 5.78 Å². The monoisotopic (exact) mass is 487 g/mol. The Kier molecular flexibility index (Phi) is 7.02. The number of hydrogen-bond acceptors (Lipinski definition) is 6. The first-order chi connectivity index (χ1) is 17.1. The third-order valence-electron chi connectivity index (χ3n) is 6.50. The van der Waals surface area contributed by atoms with E-state index in [0.29, 0.717) is 17.7 Å². The van der Waals surface area contributed by atoms with Crippen molar-refractivity contribution >= 4 is 27.2 Å². The molecule has 1 aromatic heterocycles. The fraction of sp³-hybridized carbons (Fsp3) is 0.276. The van der Waals surface area contributed by atoms with Gasteiger partial charge >= 0.3 is 0 Å². The molecule has 1 aliphatic rings. The van der Waals surface area contributed by atoms with Crippen LogP contribution in [0, 0.1) is 0 Å². The van der Waals surface area contributed by atoms with E-state index < -0.39 is 0 Å². The summed E-state index contributed by atoms with van der Waals surface area (Å²) in [5.41, 5.74) is 2.17. The van der Waals surface area contributed by atoms with E-state index in [4.69, 9.17) is 9.47 Å². The van der Waals surface area contributed by atoms with E-state index in [0.717, 1.165) is 51.7 Å². The van der Waals surface area contributed by atoms with E-state index >= 15 is 0 Å². The normalized spacial score (nSPS) is 14.2. The van der Waals surface area contributed by atoms with Gasteiger partial charge in [0.25, 0.3) is 0 Å². The van der Waals surface area contributed by atoms with Gasteiger partial charge in [-0.25, -0.2) is 0 Å². The fourth-order valence-corrected chi connectivity index (χ4v) is 5.80. The molecule has 0 atom stereocenters. The molecule has 2 heterocycles. The lowest BCUT2D eigenvalue weighted by Crippen LogP contribution is -2.33. The first-order valence-electron chi connectivity index (χ1n) is 12.0. The van der Waals surface area contributed by atoms with Gasteiger partial charge in [0.2, 0.25) is 0 Å². The topological polar surface area (TPSA) is 59.0 Å². The van der Waals surface area contributed by atoms with Crippen molar-refractivity contribution < 1.29 is 19.4 Å². The molecule has 1 fully saturated rings. The largest absolute Gasteiger partial charge is 0.508 e. The summed E-state index contributed by atoms with van der Waals surface area (Å²) in [5, 5.41) is 10.5. The van der Waals surface area contributed by atoms with Crippen LogP contribution in [0.1, 0.15) is 35.2 Å². The summed E-state index contributed by atoms with van der Waals surface area (Å²) >= 11 is 1.58. The Morgan fingerprint density at radius 1 is 0.943 bits per heavy atom. The van der Waals surface area contributed by atoms with Crippen LogP contribution >= 0.6 is 11.3 Å². The highest BCUT2D eigenvalue weighted by atomic mass is 32.1. The second-order valence-corrected chi connectivity index (χ2v) is 9.87. The van der Waals surface area contributed by atoms with Gasteiger partial charge in [0.1, 0.15) is 23.9 Å². The predicted octanol–water partition coefficient (Wildman–Crippen LogP) is 6.38. The Morgan fingerprint density at radius 2 is 1.66 bits per heavy atom. The molecule has 5 nitrogen and oxygen atoms in total. The maximum absolute atomic E-state index is 13.6. The van der Waals surface area contributed by atoms with Gasteiger partial charge in [-0.3, -0.25) is 9.69 Å². The van der Waals surface area contributed by atoms with Crippen LogP contribution in [0.4, 0.5) is 0 Å². The molecule has 0 radical (unpaired) electrons. The van der Waals surface area contributed by atoms with Gasteiger partial charge in [-0.2, -0.15) is 0 Å². The molecule has 0 aliphatic carbocycles. The number of likely N-dealkylation sites (tertiary alicyclic amines) is 1. The summed E-state index contributed by atoms with van der Waals surface area (Å²) < 4.78 is 12.4. The number of ether oxygens (including phenoxy) is 2. The van der Waals surface area contributed by atoms with Crippen LogP contribution in [0.15, 0.2) is 66.7 Å². The molecule has 4 aromatic rings. The van der Waals surface area contributed by atoms with Gasteiger partial charge in [0, 0.05) is 32.6 Å². The smallest absolute Gasteiger partial charge is 0.195 e. The molecule has 0 bridgehead atoms. The highest BCUT2D eigenvalue weighted by molar-refractivity contribution is 7.22. The number of hydrogen-bond donors (Lipinski definition) is 1. The van der Waals surface area contributed by atoms with Gasteiger partial charge in [0.05, 0.1) is 7.11 Å². The van der Waals surface area contributed by atoms with Crippen molar-refractivity contribution in [3.63, 3.8) is 0 Å². The lowest BCUT2D eigenvalue weighted by atomic mass is 9.97. The van der Waals surface area contributed by atoms with Gasteiger partial charge in [-0.15, -0.1) is 11.3 Å². The zero-order valence-corrected chi connectivity index (χ0v) is 20.6.